The lowest BCUT2D eigenvalue weighted by Crippen LogP contribution is -2.37. The Hall–Kier alpha value is -2.28. The van der Waals surface area contributed by atoms with E-state index < -0.39 is 10.0 Å². The van der Waals surface area contributed by atoms with E-state index in [1.165, 1.54) is 0 Å². The summed E-state index contributed by atoms with van der Waals surface area (Å²) >= 11 is 0. The van der Waals surface area contributed by atoms with Crippen molar-refractivity contribution in [2.45, 2.75) is 26.3 Å². The Morgan fingerprint density at radius 2 is 1.70 bits per heavy atom. The van der Waals surface area contributed by atoms with Gasteiger partial charge in [0.05, 0.1) is 11.4 Å². The van der Waals surface area contributed by atoms with E-state index >= 15 is 0 Å². The molecule has 0 atom stereocenters. The third-order valence-corrected chi connectivity index (χ3v) is 7.65. The molecule has 1 aliphatic heterocycles. The zero-order valence-electron chi connectivity index (χ0n) is 17.5. The summed E-state index contributed by atoms with van der Waals surface area (Å²) in [7, 11) is -3.29. The molecular formula is C24H29N3O2S. The summed E-state index contributed by atoms with van der Waals surface area (Å²) in [5.74, 6) is 0.153. The maximum Gasteiger partial charge on any atom is 0.214 e. The van der Waals surface area contributed by atoms with Crippen molar-refractivity contribution in [3.63, 3.8) is 0 Å². The van der Waals surface area contributed by atoms with Crippen molar-refractivity contribution in [1.29, 1.82) is 0 Å². The topological polar surface area (TPSA) is 53.5 Å². The number of aromatic nitrogens is 1. The zero-order chi connectivity index (χ0) is 21.0. The van der Waals surface area contributed by atoms with Crippen LogP contribution >= 0.6 is 0 Å². The minimum Gasteiger partial charge on any atom is -0.296 e. The molecule has 30 heavy (non-hydrogen) atoms. The predicted molar refractivity (Wildman–Crippen MR) is 122 cm³/mol. The maximum absolute atomic E-state index is 13.1. The smallest absolute Gasteiger partial charge is 0.214 e. The third kappa shape index (κ3) is 5.06. The van der Waals surface area contributed by atoms with E-state index in [0.717, 1.165) is 53.8 Å². The Morgan fingerprint density at radius 3 is 2.57 bits per heavy atom. The molecule has 158 valence electrons. The van der Waals surface area contributed by atoms with Gasteiger partial charge in [-0.2, -0.15) is 0 Å². The van der Waals surface area contributed by atoms with Gasteiger partial charge in [0.2, 0.25) is 10.0 Å². The molecule has 1 aliphatic rings. The van der Waals surface area contributed by atoms with Crippen LogP contribution < -0.4 is 0 Å². The molecule has 0 spiro atoms. The van der Waals surface area contributed by atoms with Gasteiger partial charge in [-0.3, -0.25) is 9.88 Å². The highest BCUT2D eigenvalue weighted by molar-refractivity contribution is 7.89. The maximum atomic E-state index is 13.1. The first-order chi connectivity index (χ1) is 14.5. The second-order valence-electron chi connectivity index (χ2n) is 8.00. The molecular weight excluding hydrogens is 394 g/mol. The van der Waals surface area contributed by atoms with Gasteiger partial charge in [-0.15, -0.1) is 0 Å². The van der Waals surface area contributed by atoms with E-state index in [1.54, 1.807) is 4.31 Å². The average molecular weight is 424 g/mol. The lowest BCUT2D eigenvalue weighted by Gasteiger charge is -2.21. The Labute approximate surface area is 179 Å². The largest absolute Gasteiger partial charge is 0.296 e. The standard InChI is InChI=1S/C24H29N3O2S/c1-20-7-4-11-23(25-20)19-26-14-6-15-27(17-16-26)30(28,29)18-13-22-10-5-9-21-8-2-3-12-24(21)22/h2-5,7-12H,6,13-19H2,1H3. The molecule has 3 aromatic rings. The number of benzene rings is 2. The fourth-order valence-corrected chi connectivity index (χ4v) is 5.68. The molecule has 1 aromatic heterocycles. The summed E-state index contributed by atoms with van der Waals surface area (Å²) in [5, 5.41) is 2.30. The molecule has 4 rings (SSSR count). The van der Waals surface area contributed by atoms with Crippen molar-refractivity contribution in [1.82, 2.24) is 14.2 Å². The van der Waals surface area contributed by atoms with Gasteiger partial charge in [-0.1, -0.05) is 48.5 Å². The van der Waals surface area contributed by atoms with Crippen LogP contribution in [0.15, 0.2) is 60.7 Å². The van der Waals surface area contributed by atoms with E-state index in [4.69, 9.17) is 0 Å². The minimum absolute atomic E-state index is 0.153. The highest BCUT2D eigenvalue weighted by Gasteiger charge is 2.25. The first-order valence-electron chi connectivity index (χ1n) is 10.6. The normalized spacial score (nSPS) is 16.6. The van der Waals surface area contributed by atoms with Gasteiger partial charge in [0, 0.05) is 31.9 Å². The number of aryl methyl sites for hydroxylation is 2. The summed E-state index contributed by atoms with van der Waals surface area (Å²) in [6.45, 7) is 5.54. The van der Waals surface area contributed by atoms with Crippen molar-refractivity contribution in [3.05, 3.63) is 77.6 Å². The summed E-state index contributed by atoms with van der Waals surface area (Å²) in [5.41, 5.74) is 3.15. The molecule has 1 saturated heterocycles. The van der Waals surface area contributed by atoms with Gasteiger partial charge in [-0.05, 0) is 54.8 Å². The number of pyridine rings is 1. The molecule has 0 saturated carbocycles. The molecule has 2 heterocycles. The first kappa shape index (κ1) is 21.0. The van der Waals surface area contributed by atoms with E-state index in [0.29, 0.717) is 19.5 Å². The van der Waals surface area contributed by atoms with Gasteiger partial charge in [0.1, 0.15) is 0 Å². The Balaban J connectivity index is 1.38. The van der Waals surface area contributed by atoms with E-state index in [1.807, 2.05) is 49.4 Å². The average Bonchev–Trinajstić information content (AvgIpc) is 2.98. The first-order valence-corrected chi connectivity index (χ1v) is 12.2. The van der Waals surface area contributed by atoms with Gasteiger partial charge in [0.25, 0.3) is 0 Å². The Kier molecular flexibility index (Phi) is 6.46. The van der Waals surface area contributed by atoms with Crippen LogP contribution in [-0.2, 0) is 23.0 Å². The van der Waals surface area contributed by atoms with E-state index in [2.05, 4.69) is 28.1 Å². The summed E-state index contributed by atoms with van der Waals surface area (Å²) < 4.78 is 27.8. The van der Waals surface area contributed by atoms with Crippen molar-refractivity contribution < 1.29 is 8.42 Å². The van der Waals surface area contributed by atoms with Crippen LogP contribution in [-0.4, -0.2) is 54.5 Å². The fourth-order valence-electron chi connectivity index (χ4n) is 4.18. The third-order valence-electron chi connectivity index (χ3n) is 5.78. The van der Waals surface area contributed by atoms with Crippen molar-refractivity contribution >= 4 is 20.8 Å². The van der Waals surface area contributed by atoms with Crippen molar-refractivity contribution in [2.24, 2.45) is 0 Å². The monoisotopic (exact) mass is 423 g/mol. The molecule has 0 amide bonds. The number of rotatable bonds is 6. The molecule has 6 heteroatoms. The van der Waals surface area contributed by atoms with Crippen LogP contribution in [0.25, 0.3) is 10.8 Å². The molecule has 0 bridgehead atoms. The van der Waals surface area contributed by atoms with Crippen LogP contribution in [0.4, 0.5) is 0 Å². The molecule has 0 aliphatic carbocycles. The summed E-state index contributed by atoms with van der Waals surface area (Å²) in [6.07, 6.45) is 1.39. The highest BCUT2D eigenvalue weighted by atomic mass is 32.2. The molecule has 1 fully saturated rings. The second-order valence-corrected chi connectivity index (χ2v) is 10.1. The minimum atomic E-state index is -3.29. The van der Waals surface area contributed by atoms with Gasteiger partial charge in [0.15, 0.2) is 0 Å². The van der Waals surface area contributed by atoms with Crippen LogP contribution in [0.1, 0.15) is 23.4 Å². The molecule has 5 nitrogen and oxygen atoms in total. The number of fused-ring (bicyclic) bond motifs is 1. The highest BCUT2D eigenvalue weighted by Crippen LogP contribution is 2.20. The van der Waals surface area contributed by atoms with Gasteiger partial charge < -0.3 is 0 Å². The zero-order valence-corrected chi connectivity index (χ0v) is 18.3. The number of hydrogen-bond donors (Lipinski definition) is 0. The molecule has 2 aromatic carbocycles. The van der Waals surface area contributed by atoms with Crippen LogP contribution in [0.3, 0.4) is 0 Å². The molecule has 0 N–H and O–H groups in total. The summed E-state index contributed by atoms with van der Waals surface area (Å²) in [4.78, 5) is 6.89. The lowest BCUT2D eigenvalue weighted by atomic mass is 10.0. The lowest BCUT2D eigenvalue weighted by molar-refractivity contribution is 0.275. The predicted octanol–water partition coefficient (Wildman–Crippen LogP) is 3.62. The Morgan fingerprint density at radius 1 is 0.900 bits per heavy atom. The Bertz CT molecular complexity index is 1110. The number of nitrogens with zero attached hydrogens (tertiary/aromatic N) is 3. The quantitative estimate of drug-likeness (QED) is 0.608. The van der Waals surface area contributed by atoms with Crippen molar-refractivity contribution in [2.75, 3.05) is 31.9 Å². The fraction of sp³-hybridized carbons (Fsp3) is 0.375. The SMILES string of the molecule is Cc1cccc(CN2CCCN(S(=O)(=O)CCc3cccc4ccccc34)CC2)n1. The molecule has 0 radical (unpaired) electrons. The van der Waals surface area contributed by atoms with E-state index in [-0.39, 0.29) is 5.75 Å². The number of sulfonamides is 1. The van der Waals surface area contributed by atoms with Gasteiger partial charge in [-0.25, -0.2) is 12.7 Å². The van der Waals surface area contributed by atoms with Crippen LogP contribution in [0, 0.1) is 6.92 Å². The van der Waals surface area contributed by atoms with Crippen LogP contribution in [0.5, 0.6) is 0 Å². The number of hydrogen-bond acceptors (Lipinski definition) is 4. The summed E-state index contributed by atoms with van der Waals surface area (Å²) in [6, 6.07) is 20.3. The van der Waals surface area contributed by atoms with Crippen LogP contribution in [0.2, 0.25) is 0 Å². The van der Waals surface area contributed by atoms with Gasteiger partial charge >= 0.3 is 0 Å². The van der Waals surface area contributed by atoms with E-state index in [9.17, 15) is 8.42 Å². The second kappa shape index (κ2) is 9.25. The molecule has 0 unspecified atom stereocenters. The van der Waals surface area contributed by atoms with Crippen molar-refractivity contribution in [3.8, 4) is 0 Å².